The number of nitrogens with one attached hydrogen (secondary N) is 2. The van der Waals surface area contributed by atoms with Gasteiger partial charge in [0.25, 0.3) is 0 Å². The van der Waals surface area contributed by atoms with Crippen LogP contribution in [0.3, 0.4) is 0 Å². The zero-order valence-corrected chi connectivity index (χ0v) is 24.0. The normalized spacial score (nSPS) is 16.4. The molecule has 9 nitrogen and oxygen atoms in total. The molecule has 0 spiro atoms. The van der Waals surface area contributed by atoms with Gasteiger partial charge in [-0.1, -0.05) is 13.0 Å². The molecule has 0 saturated carbocycles. The lowest BCUT2D eigenvalue weighted by molar-refractivity contribution is -0.115. The van der Waals surface area contributed by atoms with Crippen LogP contribution in [-0.2, 0) is 4.79 Å². The molecule has 3 heterocycles. The Kier molecular flexibility index (Phi) is 7.76. The van der Waals surface area contributed by atoms with Gasteiger partial charge < -0.3 is 29.9 Å². The van der Waals surface area contributed by atoms with E-state index in [9.17, 15) is 14.7 Å². The number of carboxylic acid groups (broad SMARTS) is 1. The van der Waals surface area contributed by atoms with Gasteiger partial charge in [0.1, 0.15) is 5.75 Å². The fourth-order valence-electron chi connectivity index (χ4n) is 5.36. The number of nitrogens with zero attached hydrogens (tertiary/aromatic N) is 3. The van der Waals surface area contributed by atoms with Gasteiger partial charge in [-0.2, -0.15) is 0 Å². The first-order chi connectivity index (χ1) is 19.7. The van der Waals surface area contributed by atoms with E-state index < -0.39 is 5.97 Å². The monoisotopic (exact) mass is 569 g/mol. The topological polar surface area (TPSA) is 109 Å². The second-order valence-electron chi connectivity index (χ2n) is 9.80. The van der Waals surface area contributed by atoms with E-state index in [1.54, 1.807) is 32.4 Å². The third kappa shape index (κ3) is 5.26. The summed E-state index contributed by atoms with van der Waals surface area (Å²) in [6.45, 7) is 5.87. The number of benzene rings is 2. The van der Waals surface area contributed by atoms with Crippen molar-refractivity contribution >= 4 is 40.6 Å². The first kappa shape index (κ1) is 27.9. The summed E-state index contributed by atoms with van der Waals surface area (Å²) in [5, 5.41) is 16.3. The van der Waals surface area contributed by atoms with Crippen molar-refractivity contribution < 1.29 is 19.4 Å². The molecule has 2 aromatic carbocycles. The molecule has 2 atom stereocenters. The molecule has 1 fully saturated rings. The number of carbonyl (C=O) groups excluding carboxylic acids is 1. The van der Waals surface area contributed by atoms with E-state index in [1.165, 1.54) is 0 Å². The molecule has 0 bridgehead atoms. The Labute approximate surface area is 243 Å². The maximum Gasteiger partial charge on any atom is 0.335 e. The van der Waals surface area contributed by atoms with E-state index in [0.717, 1.165) is 34.0 Å². The number of aromatic carboxylic acids is 1. The maximum atomic E-state index is 12.1. The van der Waals surface area contributed by atoms with Crippen LogP contribution in [0.25, 0.3) is 5.69 Å². The summed E-state index contributed by atoms with van der Waals surface area (Å²) in [7, 11) is 1.57. The van der Waals surface area contributed by atoms with Crippen molar-refractivity contribution in [2.45, 2.75) is 39.3 Å². The largest absolute Gasteiger partial charge is 0.494 e. The Balaban J connectivity index is 1.63. The number of thiocarbonyl (C=S) groups is 1. The number of amides is 1. The van der Waals surface area contributed by atoms with E-state index in [0.29, 0.717) is 23.0 Å². The van der Waals surface area contributed by atoms with Crippen molar-refractivity contribution in [2.24, 2.45) is 0 Å². The summed E-state index contributed by atoms with van der Waals surface area (Å²) in [6.07, 6.45) is 2.12. The van der Waals surface area contributed by atoms with Crippen LogP contribution in [0.5, 0.6) is 5.75 Å². The van der Waals surface area contributed by atoms with E-state index in [4.69, 9.17) is 17.0 Å². The highest BCUT2D eigenvalue weighted by Gasteiger charge is 2.42. The molecule has 0 radical (unpaired) electrons. The molecule has 1 aliphatic rings. The molecule has 0 aliphatic carbocycles. The molecule has 0 unspecified atom stereocenters. The highest BCUT2D eigenvalue weighted by molar-refractivity contribution is 7.80. The second kappa shape index (κ2) is 11.4. The average Bonchev–Trinajstić information content (AvgIpc) is 3.48. The van der Waals surface area contributed by atoms with Gasteiger partial charge in [0, 0.05) is 41.4 Å². The number of pyridine rings is 1. The number of rotatable bonds is 8. The van der Waals surface area contributed by atoms with E-state index >= 15 is 0 Å². The van der Waals surface area contributed by atoms with Crippen LogP contribution >= 0.6 is 12.2 Å². The molecule has 5 rings (SSSR count). The number of carbonyl (C=O) groups is 2. The zero-order valence-electron chi connectivity index (χ0n) is 23.2. The minimum atomic E-state index is -0.965. The first-order valence-corrected chi connectivity index (χ1v) is 13.7. The third-order valence-electron chi connectivity index (χ3n) is 7.32. The minimum Gasteiger partial charge on any atom is -0.494 e. The van der Waals surface area contributed by atoms with Crippen LogP contribution < -0.4 is 20.3 Å². The van der Waals surface area contributed by atoms with Crippen LogP contribution in [-0.4, -0.2) is 38.8 Å². The molecular formula is C31H31N5O4S. The van der Waals surface area contributed by atoms with Crippen molar-refractivity contribution in [3.63, 3.8) is 0 Å². The Morgan fingerprint density at radius 3 is 2.44 bits per heavy atom. The maximum absolute atomic E-state index is 12.1. The molecule has 1 amide bonds. The van der Waals surface area contributed by atoms with Crippen LogP contribution in [0.2, 0.25) is 0 Å². The predicted octanol–water partition coefficient (Wildman–Crippen LogP) is 5.72. The fourth-order valence-corrected chi connectivity index (χ4v) is 5.70. The number of methoxy groups -OCH3 is 1. The number of hydrogen-bond donors (Lipinski definition) is 3. The van der Waals surface area contributed by atoms with Crippen molar-refractivity contribution in [3.8, 4) is 11.4 Å². The number of anilines is 2. The quantitative estimate of drug-likeness (QED) is 0.231. The summed E-state index contributed by atoms with van der Waals surface area (Å²) in [5.74, 6) is -0.546. The van der Waals surface area contributed by atoms with Gasteiger partial charge >= 0.3 is 5.97 Å². The van der Waals surface area contributed by atoms with E-state index in [-0.39, 0.29) is 23.6 Å². The SMILES string of the molecule is CCC(=O)Nc1ccc(N2C(=S)N[C@@H](c3ccccn3)[C@H]2c2cc(C)n(-c3ccc(C(=O)O)cc3)c2C)cc1OC. The van der Waals surface area contributed by atoms with Gasteiger partial charge in [0.2, 0.25) is 5.91 Å². The highest BCUT2D eigenvalue weighted by Crippen LogP contribution is 2.45. The summed E-state index contributed by atoms with van der Waals surface area (Å²) in [5.41, 5.74) is 6.35. The molecule has 210 valence electrons. The number of aryl methyl sites for hydroxylation is 1. The minimum absolute atomic E-state index is 0.105. The fraction of sp³-hybridized carbons (Fsp3) is 0.226. The Morgan fingerprint density at radius 1 is 1.07 bits per heavy atom. The van der Waals surface area contributed by atoms with Crippen molar-refractivity contribution in [1.29, 1.82) is 0 Å². The standard InChI is InChI=1S/C31H31N5O4S/c1-5-27(37)33-24-14-13-22(17-26(24)40-4)36-29(28(34-31(36)41)25-8-6-7-15-32-25)23-16-18(2)35(19(23)3)21-11-9-20(10-12-21)30(38)39/h6-17,28-29H,5H2,1-4H3,(H,33,37)(H,34,41)(H,38,39)/t28-,29+/m0/s1. The summed E-state index contributed by atoms with van der Waals surface area (Å²) >= 11 is 5.91. The van der Waals surface area contributed by atoms with Crippen molar-refractivity contribution in [3.05, 3.63) is 101 Å². The molecule has 10 heteroatoms. The van der Waals surface area contributed by atoms with Crippen LogP contribution in [0, 0.1) is 13.8 Å². The first-order valence-electron chi connectivity index (χ1n) is 13.2. The van der Waals surface area contributed by atoms with Gasteiger partial charge in [-0.05, 0) is 86.2 Å². The Hall–Kier alpha value is -4.70. The van der Waals surface area contributed by atoms with Crippen LogP contribution in [0.1, 0.15) is 58.4 Å². The Morgan fingerprint density at radius 2 is 1.80 bits per heavy atom. The van der Waals surface area contributed by atoms with Gasteiger partial charge in [-0.3, -0.25) is 9.78 Å². The summed E-state index contributed by atoms with van der Waals surface area (Å²) in [6, 6.07) is 19.9. The van der Waals surface area contributed by atoms with Crippen LogP contribution in [0.15, 0.2) is 72.9 Å². The van der Waals surface area contributed by atoms with Gasteiger partial charge in [0.15, 0.2) is 5.11 Å². The lowest BCUT2D eigenvalue weighted by Crippen LogP contribution is -2.29. The predicted molar refractivity (Wildman–Crippen MR) is 162 cm³/mol. The molecule has 1 aliphatic heterocycles. The zero-order chi connectivity index (χ0) is 29.3. The second-order valence-corrected chi connectivity index (χ2v) is 10.2. The average molecular weight is 570 g/mol. The smallest absolute Gasteiger partial charge is 0.335 e. The number of hydrogen-bond acceptors (Lipinski definition) is 5. The molecule has 3 N–H and O–H groups in total. The lowest BCUT2D eigenvalue weighted by atomic mass is 9.96. The molecule has 2 aromatic heterocycles. The van der Waals surface area contributed by atoms with Crippen LogP contribution in [0.4, 0.5) is 11.4 Å². The van der Waals surface area contributed by atoms with E-state index in [1.807, 2.05) is 62.4 Å². The number of aromatic nitrogens is 2. The number of carboxylic acids is 1. The van der Waals surface area contributed by atoms with E-state index in [2.05, 4.69) is 31.2 Å². The molecular weight excluding hydrogens is 538 g/mol. The summed E-state index contributed by atoms with van der Waals surface area (Å²) in [4.78, 5) is 30.2. The van der Waals surface area contributed by atoms with Gasteiger partial charge in [-0.25, -0.2) is 4.79 Å². The van der Waals surface area contributed by atoms with Crippen molar-refractivity contribution in [2.75, 3.05) is 17.3 Å². The van der Waals surface area contributed by atoms with Crippen molar-refractivity contribution in [1.82, 2.24) is 14.9 Å². The highest BCUT2D eigenvalue weighted by atomic mass is 32.1. The molecule has 41 heavy (non-hydrogen) atoms. The van der Waals surface area contributed by atoms with Gasteiger partial charge in [0.05, 0.1) is 36.1 Å². The lowest BCUT2D eigenvalue weighted by Gasteiger charge is -2.29. The number of ether oxygens (including phenoxy) is 1. The third-order valence-corrected chi connectivity index (χ3v) is 7.63. The Bertz CT molecular complexity index is 1620. The molecule has 1 saturated heterocycles. The van der Waals surface area contributed by atoms with Gasteiger partial charge in [-0.15, -0.1) is 0 Å². The summed E-state index contributed by atoms with van der Waals surface area (Å²) < 4.78 is 7.76. The molecule has 4 aromatic rings.